The maximum absolute atomic E-state index is 9.68. The van der Waals surface area contributed by atoms with Gasteiger partial charge in [-0.2, -0.15) is 5.26 Å². The van der Waals surface area contributed by atoms with Crippen molar-refractivity contribution in [2.75, 3.05) is 0 Å². The van der Waals surface area contributed by atoms with Gasteiger partial charge in [0.1, 0.15) is 11.2 Å². The van der Waals surface area contributed by atoms with Crippen molar-refractivity contribution < 1.29 is 4.42 Å². The molecule has 0 amide bonds. The van der Waals surface area contributed by atoms with E-state index in [0.29, 0.717) is 16.9 Å². The summed E-state index contributed by atoms with van der Waals surface area (Å²) in [6, 6.07) is 50.7. The second-order valence-corrected chi connectivity index (χ2v) is 12.3. The molecule has 2 aromatic heterocycles. The summed E-state index contributed by atoms with van der Waals surface area (Å²) in [5.74, 6) is 0. The van der Waals surface area contributed by atoms with Crippen LogP contribution in [-0.4, -0.2) is 4.57 Å². The van der Waals surface area contributed by atoms with Crippen LogP contribution >= 0.6 is 0 Å². The van der Waals surface area contributed by atoms with Crippen LogP contribution in [0.1, 0.15) is 5.56 Å². The number of rotatable bonds is 4. The minimum atomic E-state index is 0.503. The molecule has 0 unspecified atom stereocenters. The van der Waals surface area contributed by atoms with Gasteiger partial charge in [0.15, 0.2) is 11.4 Å². The Hall–Kier alpha value is -7.39. The van der Waals surface area contributed by atoms with E-state index in [1.165, 1.54) is 0 Å². The first-order valence-corrected chi connectivity index (χ1v) is 16.1. The third-order valence-corrected chi connectivity index (χ3v) is 9.39. The first kappa shape index (κ1) is 28.8. The van der Waals surface area contributed by atoms with Gasteiger partial charge < -0.3 is 8.98 Å². The highest BCUT2D eigenvalue weighted by atomic mass is 16.3. The van der Waals surface area contributed by atoms with Crippen molar-refractivity contribution in [2.24, 2.45) is 0 Å². The molecule has 0 atom stereocenters. The van der Waals surface area contributed by atoms with Crippen molar-refractivity contribution in [3.63, 3.8) is 0 Å². The Balaban J connectivity index is 1.31. The zero-order valence-corrected chi connectivity index (χ0v) is 26.6. The average molecular weight is 637 g/mol. The lowest BCUT2D eigenvalue weighted by atomic mass is 9.93. The molecule has 0 radical (unpaired) electrons. The van der Waals surface area contributed by atoms with E-state index in [2.05, 4.69) is 81.0 Å². The molecule has 9 aromatic rings. The number of nitrogens with zero attached hydrogens (tertiary/aromatic N) is 4. The molecule has 9 rings (SSSR count). The molecule has 0 bridgehead atoms. The monoisotopic (exact) mass is 636 g/mol. The SMILES string of the molecule is [C-]#[N+]c1cc(-c2cc(-c3cccc(-c4ccccc4)c3)c3oc4ccccc4c3c2)cc(-n2c3ccc(C#N)cc3c3cc([N+]#[C-])ccc32)c1. The fraction of sp³-hybridized carbons (Fsp3) is 0. The number of benzene rings is 7. The lowest BCUT2D eigenvalue weighted by Gasteiger charge is -2.13. The van der Waals surface area contributed by atoms with Crippen LogP contribution in [0.3, 0.4) is 0 Å². The fourth-order valence-corrected chi connectivity index (χ4v) is 7.09. The Morgan fingerprint density at radius 1 is 0.520 bits per heavy atom. The average Bonchev–Trinajstić information content (AvgIpc) is 3.72. The minimum Gasteiger partial charge on any atom is -0.455 e. The van der Waals surface area contributed by atoms with Gasteiger partial charge in [-0.25, -0.2) is 9.69 Å². The molecule has 0 spiro atoms. The third-order valence-electron chi connectivity index (χ3n) is 9.39. The van der Waals surface area contributed by atoms with Crippen molar-refractivity contribution in [1.29, 1.82) is 5.26 Å². The Morgan fingerprint density at radius 3 is 2.06 bits per heavy atom. The lowest BCUT2D eigenvalue weighted by molar-refractivity contribution is 0.670. The van der Waals surface area contributed by atoms with E-state index in [1.54, 1.807) is 6.07 Å². The summed E-state index contributed by atoms with van der Waals surface area (Å²) < 4.78 is 8.66. The maximum atomic E-state index is 9.68. The third kappa shape index (κ3) is 4.61. The Morgan fingerprint density at radius 2 is 1.24 bits per heavy atom. The number of nitriles is 1. The molecule has 0 saturated carbocycles. The molecule has 0 aliphatic carbocycles. The van der Waals surface area contributed by atoms with E-state index < -0.39 is 0 Å². The zero-order valence-electron chi connectivity index (χ0n) is 26.6. The summed E-state index contributed by atoms with van der Waals surface area (Å²) in [4.78, 5) is 7.56. The minimum absolute atomic E-state index is 0.503. The van der Waals surface area contributed by atoms with Gasteiger partial charge in [-0.1, -0.05) is 72.8 Å². The molecule has 230 valence electrons. The first-order valence-electron chi connectivity index (χ1n) is 16.1. The van der Waals surface area contributed by atoms with Crippen molar-refractivity contribution in [1.82, 2.24) is 4.57 Å². The molecule has 2 heterocycles. The molecule has 0 saturated heterocycles. The fourth-order valence-electron chi connectivity index (χ4n) is 7.09. The molecule has 5 nitrogen and oxygen atoms in total. The van der Waals surface area contributed by atoms with Crippen LogP contribution in [0.2, 0.25) is 0 Å². The van der Waals surface area contributed by atoms with Crippen LogP contribution in [0, 0.1) is 24.5 Å². The number of fused-ring (bicyclic) bond motifs is 6. The molecular formula is C45H24N4O. The van der Waals surface area contributed by atoms with Gasteiger partial charge in [-0.3, -0.25) is 0 Å². The summed E-state index contributed by atoms with van der Waals surface area (Å²) in [7, 11) is 0. The van der Waals surface area contributed by atoms with Gasteiger partial charge in [-0.15, -0.1) is 0 Å². The standard InChI is InChI=1S/C45H24N4O/c1-47-34-16-18-43-40(26-34)39-19-28(27-46)15-17-42(39)49(43)36-22-32(21-35(25-36)48-2)33-23-38(45-41(24-33)37-13-6-7-14-44(37)50-45)31-12-8-11-30(20-31)29-9-4-3-5-10-29/h3-26H. The van der Waals surface area contributed by atoms with Crippen LogP contribution in [0.5, 0.6) is 0 Å². The van der Waals surface area contributed by atoms with Gasteiger partial charge in [0.25, 0.3) is 0 Å². The predicted molar refractivity (Wildman–Crippen MR) is 202 cm³/mol. The second kappa shape index (κ2) is 11.4. The predicted octanol–water partition coefficient (Wildman–Crippen LogP) is 12.7. The molecule has 5 heteroatoms. The zero-order chi connectivity index (χ0) is 33.8. The van der Waals surface area contributed by atoms with E-state index in [1.807, 2.05) is 78.9 Å². The molecule has 0 N–H and O–H groups in total. The largest absolute Gasteiger partial charge is 0.455 e. The molecule has 0 fully saturated rings. The molecular weight excluding hydrogens is 613 g/mol. The van der Waals surface area contributed by atoms with Crippen LogP contribution in [0.4, 0.5) is 11.4 Å². The molecule has 0 aliphatic rings. The van der Waals surface area contributed by atoms with Gasteiger partial charge in [0.05, 0.1) is 35.8 Å². The molecule has 50 heavy (non-hydrogen) atoms. The highest BCUT2D eigenvalue weighted by Gasteiger charge is 2.18. The first-order chi connectivity index (χ1) is 24.6. The number of furan rings is 1. The number of hydrogen-bond acceptors (Lipinski definition) is 2. The Bertz CT molecular complexity index is 2890. The van der Waals surface area contributed by atoms with Gasteiger partial charge in [0.2, 0.25) is 0 Å². The van der Waals surface area contributed by atoms with Crippen molar-refractivity contribution in [3.05, 3.63) is 174 Å². The highest BCUT2D eigenvalue weighted by Crippen LogP contribution is 2.42. The van der Waals surface area contributed by atoms with E-state index in [-0.39, 0.29) is 0 Å². The quantitative estimate of drug-likeness (QED) is 0.181. The van der Waals surface area contributed by atoms with Gasteiger partial charge >= 0.3 is 0 Å². The van der Waals surface area contributed by atoms with Crippen molar-refractivity contribution in [2.45, 2.75) is 0 Å². The summed E-state index contributed by atoms with van der Waals surface area (Å²) in [5.41, 5.74) is 11.9. The van der Waals surface area contributed by atoms with Crippen LogP contribution in [-0.2, 0) is 0 Å². The number of hydrogen-bond donors (Lipinski definition) is 0. The summed E-state index contributed by atoms with van der Waals surface area (Å²) in [5, 5.41) is 13.5. The van der Waals surface area contributed by atoms with E-state index in [0.717, 1.165) is 82.8 Å². The summed E-state index contributed by atoms with van der Waals surface area (Å²) >= 11 is 0. The van der Waals surface area contributed by atoms with Crippen LogP contribution < -0.4 is 0 Å². The van der Waals surface area contributed by atoms with Gasteiger partial charge in [0, 0.05) is 27.4 Å². The second-order valence-electron chi connectivity index (χ2n) is 12.3. The molecule has 7 aromatic carbocycles. The number of aromatic nitrogens is 1. The van der Waals surface area contributed by atoms with Crippen molar-refractivity contribution >= 4 is 55.1 Å². The summed E-state index contributed by atoms with van der Waals surface area (Å²) in [6.07, 6.45) is 0. The normalized spacial score (nSPS) is 11.1. The topological polar surface area (TPSA) is 50.6 Å². The van der Waals surface area contributed by atoms with E-state index in [4.69, 9.17) is 17.6 Å². The van der Waals surface area contributed by atoms with Crippen LogP contribution in [0.15, 0.2) is 150 Å². The maximum Gasteiger partial charge on any atom is 0.189 e. The Kier molecular flexibility index (Phi) is 6.56. The highest BCUT2D eigenvalue weighted by molar-refractivity contribution is 6.12. The van der Waals surface area contributed by atoms with Gasteiger partial charge in [-0.05, 0) is 106 Å². The van der Waals surface area contributed by atoms with Crippen LogP contribution in [0.25, 0.3) is 92.5 Å². The summed E-state index contributed by atoms with van der Waals surface area (Å²) in [6.45, 7) is 15.7. The van der Waals surface area contributed by atoms with E-state index in [9.17, 15) is 5.26 Å². The smallest absolute Gasteiger partial charge is 0.189 e. The van der Waals surface area contributed by atoms with Crippen molar-refractivity contribution in [3.8, 4) is 45.1 Å². The number of para-hydroxylation sites is 1. The lowest BCUT2D eigenvalue weighted by Crippen LogP contribution is -1.95. The van der Waals surface area contributed by atoms with E-state index >= 15 is 0 Å². The molecule has 0 aliphatic heterocycles. The Labute approximate surface area is 287 Å².